The maximum atomic E-state index is 13.1. The highest BCUT2D eigenvalue weighted by atomic mass is 35.5. The summed E-state index contributed by atoms with van der Waals surface area (Å²) < 4.78 is 44.8. The highest BCUT2D eigenvalue weighted by Crippen LogP contribution is 2.36. The first-order valence-electron chi connectivity index (χ1n) is 10.8. The van der Waals surface area contributed by atoms with Crippen LogP contribution < -0.4 is 10.6 Å². The number of esters is 1. The first kappa shape index (κ1) is 25.6. The van der Waals surface area contributed by atoms with Crippen LogP contribution in [0.3, 0.4) is 0 Å². The highest BCUT2D eigenvalue weighted by Gasteiger charge is 2.34. The van der Waals surface area contributed by atoms with Crippen LogP contribution in [0.15, 0.2) is 48.5 Å². The fourth-order valence-electron chi connectivity index (χ4n) is 3.77. The van der Waals surface area contributed by atoms with Crippen molar-refractivity contribution in [1.82, 2.24) is 5.32 Å². The predicted molar refractivity (Wildman–Crippen MR) is 120 cm³/mol. The van der Waals surface area contributed by atoms with Gasteiger partial charge in [-0.15, -0.1) is 0 Å². The van der Waals surface area contributed by atoms with Crippen molar-refractivity contribution in [2.24, 2.45) is 5.92 Å². The van der Waals surface area contributed by atoms with Gasteiger partial charge in [0.2, 0.25) is 12.0 Å². The van der Waals surface area contributed by atoms with E-state index in [9.17, 15) is 27.6 Å². The summed E-state index contributed by atoms with van der Waals surface area (Å²) in [5, 5.41) is 4.37. The van der Waals surface area contributed by atoms with Gasteiger partial charge in [0.15, 0.2) is 0 Å². The topological polar surface area (TPSA) is 84.5 Å². The van der Waals surface area contributed by atoms with Crippen molar-refractivity contribution in [3.8, 4) is 0 Å². The summed E-state index contributed by atoms with van der Waals surface area (Å²) in [7, 11) is 0. The van der Waals surface area contributed by atoms with E-state index < -0.39 is 41.3 Å². The molecule has 2 amide bonds. The van der Waals surface area contributed by atoms with Crippen molar-refractivity contribution in [1.29, 1.82) is 0 Å². The number of nitrogens with one attached hydrogen (secondary N) is 2. The van der Waals surface area contributed by atoms with Crippen LogP contribution in [-0.4, -0.2) is 24.3 Å². The Hall–Kier alpha value is -3.07. The number of ether oxygens (including phenoxy) is 1. The van der Waals surface area contributed by atoms with Crippen LogP contribution in [0.25, 0.3) is 0 Å². The Kier molecular flexibility index (Phi) is 8.55. The molecule has 1 atom stereocenters. The fraction of sp³-hybridized carbons (Fsp3) is 0.375. The maximum absolute atomic E-state index is 13.1. The molecular weight excluding hydrogens is 473 g/mol. The second-order valence-corrected chi connectivity index (χ2v) is 8.42. The lowest BCUT2D eigenvalue weighted by atomic mass is 9.89. The van der Waals surface area contributed by atoms with E-state index in [4.69, 9.17) is 16.3 Å². The second kappa shape index (κ2) is 11.4. The molecule has 1 aliphatic rings. The number of anilines is 1. The van der Waals surface area contributed by atoms with Crippen LogP contribution in [0.4, 0.5) is 18.9 Å². The Morgan fingerprint density at radius 2 is 1.71 bits per heavy atom. The van der Waals surface area contributed by atoms with E-state index >= 15 is 0 Å². The van der Waals surface area contributed by atoms with Crippen molar-refractivity contribution in [2.75, 3.05) is 11.9 Å². The molecule has 1 unspecified atom stereocenters. The molecule has 0 aliphatic heterocycles. The number of carbonyl (C=O) groups excluding carboxylic acids is 3. The first-order valence-corrected chi connectivity index (χ1v) is 11.2. The third-order valence-electron chi connectivity index (χ3n) is 5.51. The zero-order valence-electron chi connectivity index (χ0n) is 18.2. The van der Waals surface area contributed by atoms with Crippen LogP contribution in [0, 0.1) is 5.92 Å². The van der Waals surface area contributed by atoms with Gasteiger partial charge in [0.25, 0.3) is 5.91 Å². The summed E-state index contributed by atoms with van der Waals surface area (Å²) in [4.78, 5) is 37.6. The van der Waals surface area contributed by atoms with Crippen molar-refractivity contribution >= 4 is 35.1 Å². The van der Waals surface area contributed by atoms with E-state index in [1.54, 1.807) is 30.3 Å². The van der Waals surface area contributed by atoms with Gasteiger partial charge in [0.05, 0.1) is 10.6 Å². The molecule has 182 valence electrons. The van der Waals surface area contributed by atoms with Gasteiger partial charge >= 0.3 is 12.1 Å². The van der Waals surface area contributed by atoms with Gasteiger partial charge in [0.1, 0.15) is 6.54 Å². The molecule has 0 saturated heterocycles. The Morgan fingerprint density at radius 1 is 1.03 bits per heavy atom. The van der Waals surface area contributed by atoms with E-state index in [0.29, 0.717) is 11.6 Å². The molecule has 10 heteroatoms. The van der Waals surface area contributed by atoms with Crippen molar-refractivity contribution < 1.29 is 32.3 Å². The number of rotatable bonds is 7. The monoisotopic (exact) mass is 496 g/mol. The largest absolute Gasteiger partial charge is 0.446 e. The van der Waals surface area contributed by atoms with Gasteiger partial charge in [-0.2, -0.15) is 13.2 Å². The fourth-order valence-corrected chi connectivity index (χ4v) is 4.00. The number of amides is 2. The zero-order valence-corrected chi connectivity index (χ0v) is 18.9. The number of hydrogen-bond donors (Lipinski definition) is 2. The first-order chi connectivity index (χ1) is 16.1. The Bertz CT molecular complexity index is 1020. The highest BCUT2D eigenvalue weighted by molar-refractivity contribution is 6.31. The van der Waals surface area contributed by atoms with Crippen LogP contribution in [0.2, 0.25) is 5.02 Å². The van der Waals surface area contributed by atoms with Crippen LogP contribution in [0.1, 0.15) is 49.3 Å². The molecule has 0 radical (unpaired) electrons. The Balaban J connectivity index is 1.69. The van der Waals surface area contributed by atoms with Gasteiger partial charge in [-0.3, -0.25) is 14.4 Å². The SMILES string of the molecule is O=C(CNC(=O)C1CCCCC1)OC(C(=O)Nc1ccc(Cl)c(C(F)(F)F)c1)c1ccccc1. The molecule has 2 aromatic rings. The maximum Gasteiger partial charge on any atom is 0.417 e. The zero-order chi connectivity index (χ0) is 24.7. The lowest BCUT2D eigenvalue weighted by Crippen LogP contribution is -2.37. The quantitative estimate of drug-likeness (QED) is 0.511. The molecule has 1 fully saturated rings. The molecule has 2 N–H and O–H groups in total. The van der Waals surface area contributed by atoms with Gasteiger partial charge in [-0.25, -0.2) is 0 Å². The summed E-state index contributed by atoms with van der Waals surface area (Å²) >= 11 is 5.62. The van der Waals surface area contributed by atoms with Gasteiger partial charge < -0.3 is 15.4 Å². The molecule has 0 bridgehead atoms. The third-order valence-corrected chi connectivity index (χ3v) is 5.84. The van der Waals surface area contributed by atoms with E-state index in [0.717, 1.165) is 38.2 Å². The van der Waals surface area contributed by atoms with Gasteiger partial charge in [0, 0.05) is 17.2 Å². The Labute approximate surface area is 199 Å². The van der Waals surface area contributed by atoms with Crippen molar-refractivity contribution in [3.05, 3.63) is 64.7 Å². The second-order valence-electron chi connectivity index (χ2n) is 8.01. The standard InChI is InChI=1S/C24H24ClF3N2O4/c25-19-12-11-17(13-18(19)24(26,27)28)30-23(33)21(15-7-3-1-4-8-15)34-20(31)14-29-22(32)16-9-5-2-6-10-16/h1,3-4,7-8,11-13,16,21H,2,5-6,9-10,14H2,(H,29,32)(H,30,33). The molecule has 3 rings (SSSR count). The van der Waals surface area contributed by atoms with Crippen molar-refractivity contribution in [3.63, 3.8) is 0 Å². The Morgan fingerprint density at radius 3 is 2.35 bits per heavy atom. The lowest BCUT2D eigenvalue weighted by molar-refractivity contribution is -0.154. The molecule has 1 aliphatic carbocycles. The van der Waals surface area contributed by atoms with Crippen LogP contribution >= 0.6 is 11.6 Å². The summed E-state index contributed by atoms with van der Waals surface area (Å²) in [5.41, 5.74) is -0.952. The number of hydrogen-bond acceptors (Lipinski definition) is 4. The molecule has 1 saturated carbocycles. The summed E-state index contributed by atoms with van der Waals surface area (Å²) in [6, 6.07) is 11.0. The van der Waals surface area contributed by atoms with Gasteiger partial charge in [-0.05, 0) is 31.0 Å². The number of alkyl halides is 3. The normalized spacial score (nSPS) is 15.3. The molecule has 34 heavy (non-hydrogen) atoms. The minimum Gasteiger partial charge on any atom is -0.446 e. The number of carbonyl (C=O) groups is 3. The minimum atomic E-state index is -4.71. The predicted octanol–water partition coefficient (Wildman–Crippen LogP) is 5.28. The van der Waals surface area contributed by atoms with E-state index in [-0.39, 0.29) is 17.5 Å². The average molecular weight is 497 g/mol. The lowest BCUT2D eigenvalue weighted by Gasteiger charge is -2.21. The van der Waals surface area contributed by atoms with E-state index in [2.05, 4.69) is 10.6 Å². The number of benzene rings is 2. The van der Waals surface area contributed by atoms with Crippen LogP contribution in [-0.2, 0) is 25.3 Å². The number of halogens is 4. The van der Waals surface area contributed by atoms with Gasteiger partial charge in [-0.1, -0.05) is 61.2 Å². The molecule has 0 spiro atoms. The molecular formula is C24H24ClF3N2O4. The summed E-state index contributed by atoms with van der Waals surface area (Å²) in [6.45, 7) is -0.425. The third kappa shape index (κ3) is 6.96. The average Bonchev–Trinajstić information content (AvgIpc) is 2.82. The molecule has 2 aromatic carbocycles. The summed E-state index contributed by atoms with van der Waals surface area (Å²) in [5.74, 6) is -2.09. The smallest absolute Gasteiger partial charge is 0.417 e. The molecule has 0 heterocycles. The van der Waals surface area contributed by atoms with E-state index in [1.807, 2.05) is 0 Å². The van der Waals surface area contributed by atoms with Crippen molar-refractivity contribution in [2.45, 2.75) is 44.4 Å². The van der Waals surface area contributed by atoms with E-state index in [1.165, 1.54) is 6.07 Å². The molecule has 0 aromatic heterocycles. The minimum absolute atomic E-state index is 0.150. The molecule has 6 nitrogen and oxygen atoms in total. The summed E-state index contributed by atoms with van der Waals surface area (Å²) in [6.07, 6.45) is -1.63. The van der Waals surface area contributed by atoms with Crippen LogP contribution in [0.5, 0.6) is 0 Å².